The minimum absolute atomic E-state index is 0.0774. The lowest BCUT2D eigenvalue weighted by Crippen LogP contribution is -2.37. The number of carbonyl (C=O) groups excluding carboxylic acids is 1. The first-order valence-corrected chi connectivity index (χ1v) is 8.33. The molecule has 1 aliphatic carbocycles. The number of carbonyl (C=O) groups is 1. The molecule has 1 atom stereocenters. The zero-order valence-corrected chi connectivity index (χ0v) is 12.8. The van der Waals surface area contributed by atoms with E-state index in [4.69, 9.17) is 0 Å². The number of fused-ring (bicyclic) bond motifs is 1. The van der Waals surface area contributed by atoms with Crippen LogP contribution in [0.25, 0.3) is 0 Å². The van der Waals surface area contributed by atoms with Gasteiger partial charge in [-0.1, -0.05) is 30.3 Å². The third kappa shape index (κ3) is 3.64. The van der Waals surface area contributed by atoms with Gasteiger partial charge in [0.25, 0.3) is 0 Å². The summed E-state index contributed by atoms with van der Waals surface area (Å²) in [6, 6.07) is 12.5. The molecule has 2 N–H and O–H groups in total. The summed E-state index contributed by atoms with van der Waals surface area (Å²) in [4.78, 5) is 13.0. The number of urea groups is 1. The second kappa shape index (κ2) is 6.76. The molecule has 4 heteroatoms. The average molecular weight is 300 g/mol. The molecule has 2 amide bonds. The average Bonchev–Trinajstić information content (AvgIpc) is 3.04. The fourth-order valence-corrected chi connectivity index (χ4v) is 3.57. The molecule has 3 rings (SSSR count). The van der Waals surface area contributed by atoms with Crippen LogP contribution in [-0.2, 0) is 13.0 Å². The Labute approximate surface area is 129 Å². The van der Waals surface area contributed by atoms with Crippen LogP contribution in [0.1, 0.15) is 34.8 Å². The van der Waals surface area contributed by atoms with E-state index in [-0.39, 0.29) is 6.03 Å². The van der Waals surface area contributed by atoms with E-state index < -0.39 is 0 Å². The summed E-state index contributed by atoms with van der Waals surface area (Å²) >= 11 is 1.66. The van der Waals surface area contributed by atoms with Gasteiger partial charge in [0, 0.05) is 17.3 Å². The lowest BCUT2D eigenvalue weighted by molar-refractivity contribution is 0.239. The molecule has 0 aliphatic heterocycles. The van der Waals surface area contributed by atoms with Crippen LogP contribution in [-0.4, -0.2) is 12.6 Å². The van der Waals surface area contributed by atoms with Crippen molar-refractivity contribution in [2.24, 2.45) is 0 Å². The molecule has 0 bridgehead atoms. The molecule has 0 saturated carbocycles. The highest BCUT2D eigenvalue weighted by atomic mass is 32.1. The van der Waals surface area contributed by atoms with E-state index in [1.54, 1.807) is 11.3 Å². The zero-order chi connectivity index (χ0) is 14.5. The van der Waals surface area contributed by atoms with E-state index in [0.717, 1.165) is 12.8 Å². The van der Waals surface area contributed by atoms with E-state index >= 15 is 0 Å². The van der Waals surface area contributed by atoms with Crippen LogP contribution in [0.3, 0.4) is 0 Å². The first-order chi connectivity index (χ1) is 10.3. The summed E-state index contributed by atoms with van der Waals surface area (Å²) < 4.78 is 0. The van der Waals surface area contributed by atoms with Crippen molar-refractivity contribution in [3.63, 3.8) is 0 Å². The van der Waals surface area contributed by atoms with Gasteiger partial charge in [-0.3, -0.25) is 0 Å². The molecule has 0 fully saturated rings. The Balaban J connectivity index is 1.50. The predicted octanol–water partition coefficient (Wildman–Crippen LogP) is 3.67. The summed E-state index contributed by atoms with van der Waals surface area (Å²) in [5.41, 5.74) is 2.84. The SMILES string of the molecule is O=C(NCc1cccs1)NCC1CCCc2ccccc21. The third-order valence-corrected chi connectivity index (χ3v) is 4.88. The van der Waals surface area contributed by atoms with Crippen molar-refractivity contribution in [2.45, 2.75) is 31.7 Å². The van der Waals surface area contributed by atoms with Crippen LogP contribution < -0.4 is 10.6 Å². The van der Waals surface area contributed by atoms with E-state index in [2.05, 4.69) is 34.9 Å². The molecule has 1 aromatic carbocycles. The largest absolute Gasteiger partial charge is 0.338 e. The van der Waals surface area contributed by atoms with Gasteiger partial charge in [-0.2, -0.15) is 0 Å². The molecule has 1 unspecified atom stereocenters. The van der Waals surface area contributed by atoms with E-state index in [0.29, 0.717) is 19.0 Å². The monoisotopic (exact) mass is 300 g/mol. The first-order valence-electron chi connectivity index (χ1n) is 7.45. The Morgan fingerprint density at radius 2 is 2.10 bits per heavy atom. The normalized spacial score (nSPS) is 17.0. The maximum absolute atomic E-state index is 11.9. The quantitative estimate of drug-likeness (QED) is 0.889. The van der Waals surface area contributed by atoms with Gasteiger partial charge in [-0.05, 0) is 41.8 Å². The molecule has 0 saturated heterocycles. The van der Waals surface area contributed by atoms with Crippen LogP contribution in [0.2, 0.25) is 0 Å². The molecular formula is C17H20N2OS. The van der Waals surface area contributed by atoms with Gasteiger partial charge in [0.1, 0.15) is 0 Å². The number of rotatable bonds is 4. The molecule has 110 valence electrons. The van der Waals surface area contributed by atoms with Gasteiger partial charge < -0.3 is 10.6 Å². The van der Waals surface area contributed by atoms with E-state index in [1.165, 1.54) is 22.4 Å². The molecule has 21 heavy (non-hydrogen) atoms. The van der Waals surface area contributed by atoms with Crippen LogP contribution in [0.4, 0.5) is 4.79 Å². The summed E-state index contributed by atoms with van der Waals surface area (Å²) in [6.45, 7) is 1.32. The number of thiophene rings is 1. The summed E-state index contributed by atoms with van der Waals surface area (Å²) in [5.74, 6) is 0.447. The molecule has 0 radical (unpaired) electrons. The number of aryl methyl sites for hydroxylation is 1. The highest BCUT2D eigenvalue weighted by Gasteiger charge is 2.19. The number of hydrogen-bond donors (Lipinski definition) is 2. The molecule has 1 aromatic heterocycles. The standard InChI is InChI=1S/C17H20N2OS/c20-17(19-12-15-8-4-10-21-15)18-11-14-7-3-6-13-5-1-2-9-16(13)14/h1-2,4-5,8-10,14H,3,6-7,11-12H2,(H2,18,19,20). The number of hydrogen-bond acceptors (Lipinski definition) is 2. The predicted molar refractivity (Wildman–Crippen MR) is 86.7 cm³/mol. The maximum atomic E-state index is 11.9. The molecule has 1 aliphatic rings. The van der Waals surface area contributed by atoms with Crippen LogP contribution in [0, 0.1) is 0 Å². The minimum Gasteiger partial charge on any atom is -0.338 e. The highest BCUT2D eigenvalue weighted by molar-refractivity contribution is 7.09. The van der Waals surface area contributed by atoms with Crippen LogP contribution in [0.15, 0.2) is 41.8 Å². The topological polar surface area (TPSA) is 41.1 Å². The van der Waals surface area contributed by atoms with Gasteiger partial charge in [-0.25, -0.2) is 4.79 Å². The molecule has 3 nitrogen and oxygen atoms in total. The molecule has 2 aromatic rings. The Kier molecular flexibility index (Phi) is 4.55. The first kappa shape index (κ1) is 14.1. The minimum atomic E-state index is -0.0774. The summed E-state index contributed by atoms with van der Waals surface area (Å²) in [5, 5.41) is 7.94. The van der Waals surface area contributed by atoms with Gasteiger partial charge in [0.15, 0.2) is 0 Å². The molecule has 0 spiro atoms. The van der Waals surface area contributed by atoms with Gasteiger partial charge >= 0.3 is 6.03 Å². The Bertz CT molecular complexity index is 595. The van der Waals surface area contributed by atoms with Gasteiger partial charge in [-0.15, -0.1) is 11.3 Å². The lowest BCUT2D eigenvalue weighted by atomic mass is 9.83. The van der Waals surface area contributed by atoms with Crippen molar-refractivity contribution < 1.29 is 4.79 Å². The van der Waals surface area contributed by atoms with Crippen LogP contribution >= 0.6 is 11.3 Å². The van der Waals surface area contributed by atoms with Crippen LogP contribution in [0.5, 0.6) is 0 Å². The van der Waals surface area contributed by atoms with Crippen molar-refractivity contribution in [1.29, 1.82) is 0 Å². The van der Waals surface area contributed by atoms with Crippen molar-refractivity contribution in [1.82, 2.24) is 10.6 Å². The number of benzene rings is 1. The summed E-state index contributed by atoms with van der Waals surface area (Å²) in [6.07, 6.45) is 3.53. The van der Waals surface area contributed by atoms with Gasteiger partial charge in [0.2, 0.25) is 0 Å². The van der Waals surface area contributed by atoms with Crippen molar-refractivity contribution in [3.8, 4) is 0 Å². The Morgan fingerprint density at radius 1 is 1.19 bits per heavy atom. The Morgan fingerprint density at radius 3 is 2.95 bits per heavy atom. The fourth-order valence-electron chi connectivity index (χ4n) is 2.93. The second-order valence-electron chi connectivity index (χ2n) is 5.43. The van der Waals surface area contributed by atoms with Crippen molar-refractivity contribution >= 4 is 17.4 Å². The lowest BCUT2D eigenvalue weighted by Gasteiger charge is -2.25. The highest BCUT2D eigenvalue weighted by Crippen LogP contribution is 2.30. The maximum Gasteiger partial charge on any atom is 0.315 e. The Hall–Kier alpha value is -1.81. The van der Waals surface area contributed by atoms with Gasteiger partial charge in [0.05, 0.1) is 6.54 Å². The molecule has 1 heterocycles. The third-order valence-electron chi connectivity index (χ3n) is 4.01. The number of nitrogens with one attached hydrogen (secondary N) is 2. The van der Waals surface area contributed by atoms with E-state index in [1.807, 2.05) is 17.5 Å². The summed E-state index contributed by atoms with van der Waals surface area (Å²) in [7, 11) is 0. The number of amides is 2. The van der Waals surface area contributed by atoms with E-state index in [9.17, 15) is 4.79 Å². The molecular weight excluding hydrogens is 280 g/mol. The van der Waals surface area contributed by atoms with Crippen molar-refractivity contribution in [3.05, 3.63) is 57.8 Å². The fraction of sp³-hybridized carbons (Fsp3) is 0.353. The smallest absolute Gasteiger partial charge is 0.315 e. The zero-order valence-electron chi connectivity index (χ0n) is 12.0. The van der Waals surface area contributed by atoms with Crippen molar-refractivity contribution in [2.75, 3.05) is 6.54 Å². The second-order valence-corrected chi connectivity index (χ2v) is 6.46.